The Labute approximate surface area is 141 Å². The van der Waals surface area contributed by atoms with Crippen molar-refractivity contribution in [2.45, 2.75) is 57.5 Å². The first-order valence-corrected chi connectivity index (χ1v) is 9.44. The summed E-state index contributed by atoms with van der Waals surface area (Å²) >= 11 is 0. The molecule has 0 unspecified atom stereocenters. The molecule has 136 valence electrons. The van der Waals surface area contributed by atoms with E-state index < -0.39 is 34.3 Å². The molecule has 10 heteroatoms. The maximum absolute atomic E-state index is 11.8. The molecule has 0 heterocycles. The van der Waals surface area contributed by atoms with E-state index in [1.807, 2.05) is 13.8 Å². The third-order valence-corrected chi connectivity index (χ3v) is 4.26. The van der Waals surface area contributed by atoms with Crippen molar-refractivity contribution in [2.24, 2.45) is 5.11 Å². The van der Waals surface area contributed by atoms with Crippen LogP contribution in [0.1, 0.15) is 33.1 Å². The predicted octanol–water partition coefficient (Wildman–Crippen LogP) is 2.09. The fraction of sp³-hybridized carbons (Fsp3) is 0.786. The van der Waals surface area contributed by atoms with Gasteiger partial charge in [0.15, 0.2) is 0 Å². The Bertz CT molecular complexity index is 622. The van der Waals surface area contributed by atoms with Gasteiger partial charge in [-0.3, -0.25) is 4.18 Å². The fourth-order valence-corrected chi connectivity index (χ4v) is 3.18. The van der Waals surface area contributed by atoms with Crippen LogP contribution in [0.2, 0.25) is 0 Å². The standard InChI is InChI=1S/C14H23N3O6S/c1-5-10(6-2)22-12-8-9(14(18)21-3)7-11(16-17-15)13(12)23-24(4,19)20/h7,10-13H,5-6,8H2,1-4H3/t11-,12-,13+/m1/s1. The molecule has 0 amide bonds. The van der Waals surface area contributed by atoms with E-state index in [0.29, 0.717) is 12.8 Å². The maximum Gasteiger partial charge on any atom is 0.333 e. The summed E-state index contributed by atoms with van der Waals surface area (Å²) in [6, 6.07) is -0.994. The zero-order valence-electron chi connectivity index (χ0n) is 14.2. The average molecular weight is 361 g/mol. The van der Waals surface area contributed by atoms with E-state index in [-0.39, 0.29) is 18.1 Å². The van der Waals surface area contributed by atoms with Gasteiger partial charge in [-0.2, -0.15) is 8.42 Å². The molecule has 0 bridgehead atoms. The molecule has 1 aliphatic rings. The summed E-state index contributed by atoms with van der Waals surface area (Å²) in [5.74, 6) is -0.580. The number of carbonyl (C=O) groups excluding carboxylic acids is 1. The number of rotatable bonds is 8. The summed E-state index contributed by atoms with van der Waals surface area (Å²) in [4.78, 5) is 14.6. The highest BCUT2D eigenvalue weighted by molar-refractivity contribution is 7.86. The number of nitrogens with zero attached hydrogens (tertiary/aromatic N) is 3. The molecule has 0 fully saturated rings. The van der Waals surface area contributed by atoms with Gasteiger partial charge in [-0.05, 0) is 18.4 Å². The van der Waals surface area contributed by atoms with Gasteiger partial charge in [0.05, 0.1) is 31.6 Å². The van der Waals surface area contributed by atoms with Crippen LogP contribution in [-0.4, -0.2) is 52.1 Å². The van der Waals surface area contributed by atoms with Crippen LogP contribution in [-0.2, 0) is 28.6 Å². The van der Waals surface area contributed by atoms with E-state index in [9.17, 15) is 13.2 Å². The minimum atomic E-state index is -3.81. The smallest absolute Gasteiger partial charge is 0.333 e. The van der Waals surface area contributed by atoms with Crippen LogP contribution in [0.4, 0.5) is 0 Å². The molecule has 9 nitrogen and oxygen atoms in total. The highest BCUT2D eigenvalue weighted by atomic mass is 32.2. The summed E-state index contributed by atoms with van der Waals surface area (Å²) in [5.41, 5.74) is 9.01. The molecule has 1 aliphatic carbocycles. The second-order valence-electron chi connectivity index (χ2n) is 5.46. The van der Waals surface area contributed by atoms with E-state index in [1.165, 1.54) is 13.2 Å². The second kappa shape index (κ2) is 9.03. The lowest BCUT2D eigenvalue weighted by molar-refractivity contribution is -0.137. The number of azide groups is 1. The van der Waals surface area contributed by atoms with Crippen molar-refractivity contribution >= 4 is 16.1 Å². The summed E-state index contributed by atoms with van der Waals surface area (Å²) in [5, 5.41) is 3.55. The number of carbonyl (C=O) groups is 1. The van der Waals surface area contributed by atoms with Gasteiger partial charge >= 0.3 is 5.97 Å². The first-order chi connectivity index (χ1) is 11.3. The molecule has 0 spiro atoms. The van der Waals surface area contributed by atoms with Crippen LogP contribution >= 0.6 is 0 Å². The quantitative estimate of drug-likeness (QED) is 0.214. The minimum Gasteiger partial charge on any atom is -0.466 e. The summed E-state index contributed by atoms with van der Waals surface area (Å²) in [6.45, 7) is 3.87. The van der Waals surface area contributed by atoms with Crippen molar-refractivity contribution in [3.05, 3.63) is 22.1 Å². The fourth-order valence-electron chi connectivity index (χ4n) is 2.54. The molecular formula is C14H23N3O6S. The van der Waals surface area contributed by atoms with Crippen molar-refractivity contribution in [1.82, 2.24) is 0 Å². The van der Waals surface area contributed by atoms with Gasteiger partial charge in [-0.25, -0.2) is 4.79 Å². The first-order valence-electron chi connectivity index (χ1n) is 7.62. The molecule has 3 atom stereocenters. The highest BCUT2D eigenvalue weighted by Gasteiger charge is 2.39. The lowest BCUT2D eigenvalue weighted by Gasteiger charge is -2.35. The first kappa shape index (κ1) is 20.4. The Hall–Kier alpha value is -1.61. The number of hydrogen-bond acceptors (Lipinski definition) is 7. The normalized spacial score (nSPS) is 24.2. The van der Waals surface area contributed by atoms with Crippen LogP contribution in [0.15, 0.2) is 16.8 Å². The average Bonchev–Trinajstić information content (AvgIpc) is 2.53. The molecule has 0 radical (unpaired) electrons. The zero-order valence-corrected chi connectivity index (χ0v) is 15.0. The Morgan fingerprint density at radius 3 is 2.54 bits per heavy atom. The molecular weight excluding hydrogens is 338 g/mol. The number of methoxy groups -OCH3 is 1. The van der Waals surface area contributed by atoms with Gasteiger partial charge in [0.25, 0.3) is 10.1 Å². The van der Waals surface area contributed by atoms with Crippen molar-refractivity contribution in [2.75, 3.05) is 13.4 Å². The minimum absolute atomic E-state index is 0.112. The Morgan fingerprint density at radius 2 is 2.08 bits per heavy atom. The molecule has 0 aromatic rings. The SMILES string of the molecule is CCC(CC)O[C@@H]1CC(C(=O)OC)=C[C@@H](N=[N+]=[N-])[C@@H]1OS(C)(=O)=O. The van der Waals surface area contributed by atoms with Crippen LogP contribution in [0.25, 0.3) is 10.4 Å². The largest absolute Gasteiger partial charge is 0.466 e. The number of ether oxygens (including phenoxy) is 2. The Balaban J connectivity index is 3.24. The molecule has 0 saturated carbocycles. The van der Waals surface area contributed by atoms with E-state index in [1.54, 1.807) is 0 Å². The summed E-state index contributed by atoms with van der Waals surface area (Å²) in [6.07, 6.45) is 1.89. The van der Waals surface area contributed by atoms with Gasteiger partial charge in [-0.15, -0.1) is 0 Å². The van der Waals surface area contributed by atoms with Gasteiger partial charge in [0, 0.05) is 16.9 Å². The van der Waals surface area contributed by atoms with Gasteiger partial charge in [0.1, 0.15) is 6.10 Å². The topological polar surface area (TPSA) is 128 Å². The van der Waals surface area contributed by atoms with Crippen LogP contribution in [0, 0.1) is 0 Å². The Kier molecular flexibility index (Phi) is 7.68. The maximum atomic E-state index is 11.8. The molecule has 0 saturated heterocycles. The van der Waals surface area contributed by atoms with Crippen molar-refractivity contribution in [1.29, 1.82) is 0 Å². The van der Waals surface area contributed by atoms with Gasteiger partial charge in [-0.1, -0.05) is 25.0 Å². The number of esters is 1. The third-order valence-electron chi connectivity index (χ3n) is 3.69. The zero-order chi connectivity index (χ0) is 18.3. The monoisotopic (exact) mass is 361 g/mol. The van der Waals surface area contributed by atoms with Crippen molar-refractivity contribution in [3.63, 3.8) is 0 Å². The predicted molar refractivity (Wildman–Crippen MR) is 86.6 cm³/mol. The molecule has 0 aromatic carbocycles. The lowest BCUT2D eigenvalue weighted by atomic mass is 9.90. The third kappa shape index (κ3) is 5.79. The number of hydrogen-bond donors (Lipinski definition) is 0. The van der Waals surface area contributed by atoms with Crippen molar-refractivity contribution in [3.8, 4) is 0 Å². The van der Waals surface area contributed by atoms with E-state index >= 15 is 0 Å². The molecule has 24 heavy (non-hydrogen) atoms. The van der Waals surface area contributed by atoms with Crippen LogP contribution in [0.5, 0.6) is 0 Å². The molecule has 1 rings (SSSR count). The molecule has 0 N–H and O–H groups in total. The second-order valence-corrected chi connectivity index (χ2v) is 7.06. The summed E-state index contributed by atoms with van der Waals surface area (Å²) < 4.78 is 38.9. The lowest BCUT2D eigenvalue weighted by Crippen LogP contribution is -2.46. The molecule has 0 aromatic heterocycles. The van der Waals surface area contributed by atoms with E-state index in [2.05, 4.69) is 10.0 Å². The van der Waals surface area contributed by atoms with Gasteiger partial charge in [0.2, 0.25) is 0 Å². The van der Waals surface area contributed by atoms with Crippen LogP contribution in [0.3, 0.4) is 0 Å². The van der Waals surface area contributed by atoms with E-state index in [4.69, 9.17) is 19.2 Å². The van der Waals surface area contributed by atoms with Crippen LogP contribution < -0.4 is 0 Å². The van der Waals surface area contributed by atoms with Gasteiger partial charge < -0.3 is 9.47 Å². The molecule has 0 aliphatic heterocycles. The Morgan fingerprint density at radius 1 is 1.46 bits per heavy atom. The highest BCUT2D eigenvalue weighted by Crippen LogP contribution is 2.30. The summed E-state index contributed by atoms with van der Waals surface area (Å²) in [7, 11) is -2.57. The van der Waals surface area contributed by atoms with E-state index in [0.717, 1.165) is 6.26 Å². The van der Waals surface area contributed by atoms with Crippen molar-refractivity contribution < 1.29 is 26.9 Å².